The molecule has 1 aromatic rings. The molecule has 1 fully saturated rings. The molecular formula is C16H22N2O3. The quantitative estimate of drug-likeness (QED) is 0.927. The highest BCUT2D eigenvalue weighted by Crippen LogP contribution is 2.23. The molecule has 5 nitrogen and oxygen atoms in total. The summed E-state index contributed by atoms with van der Waals surface area (Å²) in [4.78, 5) is 27.0. The number of rotatable bonds is 4. The van der Waals surface area contributed by atoms with Crippen LogP contribution in [0.5, 0.6) is 0 Å². The SMILES string of the molecule is Cc1ccc(N(CCC(=O)O)C(=O)N2CCCC2C)cc1. The fourth-order valence-electron chi connectivity index (χ4n) is 2.64. The molecule has 1 aliphatic rings. The van der Waals surface area contributed by atoms with Crippen LogP contribution in [0.15, 0.2) is 24.3 Å². The molecule has 0 bridgehead atoms. The Labute approximate surface area is 125 Å². The number of amides is 2. The first kappa shape index (κ1) is 15.4. The van der Waals surface area contributed by atoms with E-state index in [1.54, 1.807) is 4.90 Å². The maximum atomic E-state index is 12.7. The fraction of sp³-hybridized carbons (Fsp3) is 0.500. The van der Waals surface area contributed by atoms with Crippen LogP contribution in [0, 0.1) is 6.92 Å². The van der Waals surface area contributed by atoms with Gasteiger partial charge in [-0.3, -0.25) is 9.69 Å². The number of aliphatic carboxylic acids is 1. The van der Waals surface area contributed by atoms with E-state index >= 15 is 0 Å². The van der Waals surface area contributed by atoms with Gasteiger partial charge in [-0.1, -0.05) is 17.7 Å². The lowest BCUT2D eigenvalue weighted by atomic mass is 10.2. The lowest BCUT2D eigenvalue weighted by molar-refractivity contribution is -0.136. The van der Waals surface area contributed by atoms with Crippen LogP contribution >= 0.6 is 0 Å². The van der Waals surface area contributed by atoms with Gasteiger partial charge in [0.05, 0.1) is 6.42 Å². The van der Waals surface area contributed by atoms with E-state index in [0.717, 1.165) is 30.6 Å². The summed E-state index contributed by atoms with van der Waals surface area (Å²) in [5, 5.41) is 8.90. The molecule has 0 radical (unpaired) electrons. The number of carbonyl (C=O) groups is 2. The lowest BCUT2D eigenvalue weighted by Gasteiger charge is -2.30. The fourth-order valence-corrected chi connectivity index (χ4v) is 2.64. The van der Waals surface area contributed by atoms with Gasteiger partial charge in [-0.25, -0.2) is 4.79 Å². The van der Waals surface area contributed by atoms with E-state index in [2.05, 4.69) is 0 Å². The Morgan fingerprint density at radius 1 is 1.33 bits per heavy atom. The van der Waals surface area contributed by atoms with Crippen molar-refractivity contribution in [2.24, 2.45) is 0 Å². The van der Waals surface area contributed by atoms with Gasteiger partial charge in [0.2, 0.25) is 0 Å². The molecule has 1 heterocycles. The van der Waals surface area contributed by atoms with E-state index in [1.807, 2.05) is 43.0 Å². The number of carbonyl (C=O) groups excluding carboxylic acids is 1. The summed E-state index contributed by atoms with van der Waals surface area (Å²) in [7, 11) is 0. The highest BCUT2D eigenvalue weighted by Gasteiger charge is 2.29. The van der Waals surface area contributed by atoms with E-state index in [4.69, 9.17) is 5.11 Å². The topological polar surface area (TPSA) is 60.9 Å². The molecule has 1 aliphatic heterocycles. The third kappa shape index (κ3) is 3.74. The van der Waals surface area contributed by atoms with Gasteiger partial charge in [-0.2, -0.15) is 0 Å². The Hall–Kier alpha value is -2.04. The number of hydrogen-bond donors (Lipinski definition) is 1. The molecule has 5 heteroatoms. The van der Waals surface area contributed by atoms with E-state index in [1.165, 1.54) is 0 Å². The van der Waals surface area contributed by atoms with Crippen LogP contribution < -0.4 is 4.90 Å². The molecule has 1 saturated heterocycles. The van der Waals surface area contributed by atoms with Crippen molar-refractivity contribution in [1.82, 2.24) is 4.90 Å². The van der Waals surface area contributed by atoms with Crippen molar-refractivity contribution in [2.45, 2.75) is 39.2 Å². The van der Waals surface area contributed by atoms with E-state index in [0.29, 0.717) is 0 Å². The molecule has 1 unspecified atom stereocenters. The van der Waals surface area contributed by atoms with Crippen molar-refractivity contribution in [3.05, 3.63) is 29.8 Å². The third-order valence-electron chi connectivity index (χ3n) is 3.92. The second-order valence-corrected chi connectivity index (χ2v) is 5.60. The van der Waals surface area contributed by atoms with Crippen molar-refractivity contribution in [1.29, 1.82) is 0 Å². The van der Waals surface area contributed by atoms with Crippen molar-refractivity contribution in [3.8, 4) is 0 Å². The monoisotopic (exact) mass is 290 g/mol. The van der Waals surface area contributed by atoms with Crippen LogP contribution in [0.1, 0.15) is 31.7 Å². The number of hydrogen-bond acceptors (Lipinski definition) is 2. The summed E-state index contributed by atoms with van der Waals surface area (Å²) < 4.78 is 0. The summed E-state index contributed by atoms with van der Waals surface area (Å²) >= 11 is 0. The van der Waals surface area contributed by atoms with Crippen molar-refractivity contribution in [2.75, 3.05) is 18.0 Å². The van der Waals surface area contributed by atoms with E-state index in [-0.39, 0.29) is 25.0 Å². The van der Waals surface area contributed by atoms with E-state index in [9.17, 15) is 9.59 Å². The Kier molecular flexibility index (Phi) is 4.83. The average Bonchev–Trinajstić information content (AvgIpc) is 2.86. The summed E-state index contributed by atoms with van der Waals surface area (Å²) in [6.45, 7) is 4.96. The number of likely N-dealkylation sites (tertiary alicyclic amines) is 1. The van der Waals surface area contributed by atoms with Crippen LogP contribution in [0.25, 0.3) is 0 Å². The minimum absolute atomic E-state index is 0.0537. The molecule has 1 aromatic carbocycles. The molecule has 114 valence electrons. The Morgan fingerprint density at radius 3 is 2.52 bits per heavy atom. The van der Waals surface area contributed by atoms with Crippen molar-refractivity contribution in [3.63, 3.8) is 0 Å². The van der Waals surface area contributed by atoms with Crippen LogP contribution in [0.3, 0.4) is 0 Å². The van der Waals surface area contributed by atoms with Gasteiger partial charge in [-0.15, -0.1) is 0 Å². The van der Waals surface area contributed by atoms with Crippen molar-refractivity contribution < 1.29 is 14.7 Å². The summed E-state index contributed by atoms with van der Waals surface area (Å²) in [6.07, 6.45) is 1.96. The van der Waals surface area contributed by atoms with Crippen LogP contribution in [-0.2, 0) is 4.79 Å². The van der Waals surface area contributed by atoms with Gasteiger partial charge in [0.1, 0.15) is 0 Å². The van der Waals surface area contributed by atoms with Gasteiger partial charge in [0.25, 0.3) is 0 Å². The van der Waals surface area contributed by atoms with Gasteiger partial charge in [0.15, 0.2) is 0 Å². The standard InChI is InChI=1S/C16H22N2O3/c1-12-5-7-14(8-6-12)18(11-9-15(19)20)16(21)17-10-3-4-13(17)2/h5-8,13H,3-4,9-11H2,1-2H3,(H,19,20). The maximum Gasteiger partial charge on any atom is 0.324 e. The molecule has 0 spiro atoms. The average molecular weight is 290 g/mol. The first-order chi connectivity index (χ1) is 9.99. The number of carboxylic acid groups (broad SMARTS) is 1. The molecule has 2 amide bonds. The van der Waals surface area contributed by atoms with Crippen LogP contribution in [0.4, 0.5) is 10.5 Å². The zero-order valence-corrected chi connectivity index (χ0v) is 12.6. The Balaban J connectivity index is 2.20. The molecule has 2 rings (SSSR count). The summed E-state index contributed by atoms with van der Waals surface area (Å²) in [5.41, 5.74) is 1.87. The zero-order chi connectivity index (χ0) is 15.4. The second-order valence-electron chi connectivity index (χ2n) is 5.60. The minimum atomic E-state index is -0.894. The molecule has 1 atom stereocenters. The largest absolute Gasteiger partial charge is 0.481 e. The highest BCUT2D eigenvalue weighted by molar-refractivity contribution is 5.93. The van der Waals surface area contributed by atoms with Gasteiger partial charge in [0, 0.05) is 24.8 Å². The number of benzene rings is 1. The molecular weight excluding hydrogens is 268 g/mol. The molecule has 0 aromatic heterocycles. The number of nitrogens with zero attached hydrogens (tertiary/aromatic N) is 2. The Morgan fingerprint density at radius 2 is 2.00 bits per heavy atom. The highest BCUT2D eigenvalue weighted by atomic mass is 16.4. The minimum Gasteiger partial charge on any atom is -0.481 e. The lowest BCUT2D eigenvalue weighted by Crippen LogP contribution is -2.45. The predicted octanol–water partition coefficient (Wildman–Crippen LogP) is 2.88. The number of urea groups is 1. The summed E-state index contributed by atoms with van der Waals surface area (Å²) in [5.74, 6) is -0.894. The number of carboxylic acids is 1. The van der Waals surface area contributed by atoms with Gasteiger partial charge >= 0.3 is 12.0 Å². The molecule has 0 saturated carbocycles. The Bertz CT molecular complexity index is 513. The molecule has 0 aliphatic carbocycles. The second kappa shape index (κ2) is 6.61. The first-order valence-corrected chi connectivity index (χ1v) is 7.35. The smallest absolute Gasteiger partial charge is 0.324 e. The first-order valence-electron chi connectivity index (χ1n) is 7.35. The van der Waals surface area contributed by atoms with E-state index < -0.39 is 5.97 Å². The van der Waals surface area contributed by atoms with Crippen LogP contribution in [-0.4, -0.2) is 41.1 Å². The summed E-state index contributed by atoms with van der Waals surface area (Å²) in [6, 6.07) is 7.74. The molecule has 21 heavy (non-hydrogen) atoms. The predicted molar refractivity (Wildman–Crippen MR) is 81.6 cm³/mol. The van der Waals surface area contributed by atoms with Crippen molar-refractivity contribution >= 4 is 17.7 Å². The van der Waals surface area contributed by atoms with Crippen LogP contribution in [0.2, 0.25) is 0 Å². The number of anilines is 1. The van der Waals surface area contributed by atoms with Gasteiger partial charge < -0.3 is 10.0 Å². The number of aryl methyl sites for hydroxylation is 1. The maximum absolute atomic E-state index is 12.7. The third-order valence-corrected chi connectivity index (χ3v) is 3.92. The normalized spacial score (nSPS) is 17.8. The molecule has 1 N–H and O–H groups in total. The zero-order valence-electron chi connectivity index (χ0n) is 12.6. The van der Waals surface area contributed by atoms with Gasteiger partial charge in [-0.05, 0) is 38.8 Å².